The van der Waals surface area contributed by atoms with Crippen molar-refractivity contribution in [2.75, 3.05) is 7.11 Å². The molecule has 1 fully saturated rings. The largest absolute Gasteiger partial charge is 0.497 e. The standard InChI is InChI=1S/C17H19NO/c1-19-15-9-7-13(8-10-15)12-18-17-11-16(17)14-5-3-2-4-6-14/h2-10,16-18H,11-12H2,1H3/t16-,17+/m1/s1. The molecule has 2 aromatic carbocycles. The molecule has 0 aliphatic heterocycles. The molecule has 1 aliphatic rings. The molecule has 2 nitrogen and oxygen atoms in total. The number of nitrogens with one attached hydrogen (secondary N) is 1. The summed E-state index contributed by atoms with van der Waals surface area (Å²) in [6.45, 7) is 0.929. The summed E-state index contributed by atoms with van der Waals surface area (Å²) in [5, 5.41) is 3.62. The average Bonchev–Trinajstić information content (AvgIpc) is 3.26. The second-order valence-electron chi connectivity index (χ2n) is 5.09. The molecule has 0 radical (unpaired) electrons. The van der Waals surface area contributed by atoms with E-state index in [2.05, 4.69) is 47.8 Å². The minimum atomic E-state index is 0.629. The minimum absolute atomic E-state index is 0.629. The third kappa shape index (κ3) is 2.96. The van der Waals surface area contributed by atoms with Gasteiger partial charge >= 0.3 is 0 Å². The molecule has 2 heteroatoms. The minimum Gasteiger partial charge on any atom is -0.497 e. The summed E-state index contributed by atoms with van der Waals surface area (Å²) in [5.74, 6) is 1.61. The van der Waals surface area contributed by atoms with Crippen molar-refractivity contribution in [3.05, 3.63) is 65.7 Å². The summed E-state index contributed by atoms with van der Waals surface area (Å²) in [5.41, 5.74) is 2.76. The molecular weight excluding hydrogens is 234 g/mol. The van der Waals surface area contributed by atoms with Crippen molar-refractivity contribution in [1.82, 2.24) is 5.32 Å². The van der Waals surface area contributed by atoms with Crippen molar-refractivity contribution in [3.8, 4) is 5.75 Å². The molecule has 1 aliphatic carbocycles. The highest BCUT2D eigenvalue weighted by atomic mass is 16.5. The molecule has 0 saturated heterocycles. The van der Waals surface area contributed by atoms with E-state index in [4.69, 9.17) is 4.74 Å². The molecule has 0 amide bonds. The maximum atomic E-state index is 5.16. The highest BCUT2D eigenvalue weighted by Gasteiger charge is 2.37. The van der Waals surface area contributed by atoms with Crippen molar-refractivity contribution >= 4 is 0 Å². The Balaban J connectivity index is 1.51. The quantitative estimate of drug-likeness (QED) is 0.882. The molecule has 0 aromatic heterocycles. The Morgan fingerprint density at radius 3 is 2.47 bits per heavy atom. The van der Waals surface area contributed by atoms with Crippen molar-refractivity contribution in [2.24, 2.45) is 0 Å². The fraction of sp³-hybridized carbons (Fsp3) is 0.294. The molecule has 2 atom stereocenters. The molecule has 1 saturated carbocycles. The number of methoxy groups -OCH3 is 1. The van der Waals surface area contributed by atoms with Gasteiger partial charge in [-0.3, -0.25) is 0 Å². The summed E-state index contributed by atoms with van der Waals surface area (Å²) in [7, 11) is 1.70. The first kappa shape index (κ1) is 12.2. The predicted molar refractivity (Wildman–Crippen MR) is 77.4 cm³/mol. The third-order valence-corrected chi connectivity index (χ3v) is 3.75. The van der Waals surface area contributed by atoms with Gasteiger partial charge in [-0.2, -0.15) is 0 Å². The fourth-order valence-corrected chi connectivity index (χ4v) is 2.48. The van der Waals surface area contributed by atoms with Crippen molar-refractivity contribution in [1.29, 1.82) is 0 Å². The highest BCUT2D eigenvalue weighted by molar-refractivity contribution is 5.29. The van der Waals surface area contributed by atoms with E-state index in [-0.39, 0.29) is 0 Å². The second kappa shape index (κ2) is 5.45. The van der Waals surface area contributed by atoms with E-state index in [1.807, 2.05) is 12.1 Å². The van der Waals surface area contributed by atoms with E-state index in [0.717, 1.165) is 12.3 Å². The molecule has 98 valence electrons. The number of benzene rings is 2. The van der Waals surface area contributed by atoms with Gasteiger partial charge < -0.3 is 10.1 Å². The normalized spacial score (nSPS) is 21.1. The van der Waals surface area contributed by atoms with Crippen LogP contribution < -0.4 is 10.1 Å². The first-order valence-electron chi connectivity index (χ1n) is 6.78. The molecule has 1 N–H and O–H groups in total. The lowest BCUT2D eigenvalue weighted by atomic mass is 10.1. The zero-order valence-electron chi connectivity index (χ0n) is 11.2. The maximum Gasteiger partial charge on any atom is 0.118 e. The van der Waals surface area contributed by atoms with Crippen LogP contribution in [0.25, 0.3) is 0 Å². The van der Waals surface area contributed by atoms with Gasteiger partial charge in [-0.1, -0.05) is 42.5 Å². The molecular formula is C17H19NO. The van der Waals surface area contributed by atoms with Crippen LogP contribution in [-0.2, 0) is 6.54 Å². The Morgan fingerprint density at radius 2 is 1.79 bits per heavy atom. The average molecular weight is 253 g/mol. The van der Waals surface area contributed by atoms with Gasteiger partial charge in [-0.05, 0) is 29.7 Å². The molecule has 0 unspecified atom stereocenters. The molecule has 2 aromatic rings. The van der Waals surface area contributed by atoms with E-state index in [1.165, 1.54) is 17.5 Å². The molecule has 3 rings (SSSR count). The van der Waals surface area contributed by atoms with Crippen LogP contribution in [0.1, 0.15) is 23.5 Å². The zero-order valence-corrected chi connectivity index (χ0v) is 11.2. The highest BCUT2D eigenvalue weighted by Crippen LogP contribution is 2.40. The number of hydrogen-bond acceptors (Lipinski definition) is 2. The van der Waals surface area contributed by atoms with Gasteiger partial charge in [0.2, 0.25) is 0 Å². The third-order valence-electron chi connectivity index (χ3n) is 3.75. The summed E-state index contributed by atoms with van der Waals surface area (Å²) in [4.78, 5) is 0. The summed E-state index contributed by atoms with van der Waals surface area (Å²) < 4.78 is 5.16. The van der Waals surface area contributed by atoms with Crippen LogP contribution in [0.15, 0.2) is 54.6 Å². The van der Waals surface area contributed by atoms with Crippen molar-refractivity contribution < 1.29 is 4.74 Å². The van der Waals surface area contributed by atoms with E-state index in [9.17, 15) is 0 Å². The molecule has 19 heavy (non-hydrogen) atoms. The number of rotatable bonds is 5. The zero-order chi connectivity index (χ0) is 13.1. The number of ether oxygens (including phenoxy) is 1. The predicted octanol–water partition coefficient (Wildman–Crippen LogP) is 3.34. The van der Waals surface area contributed by atoms with Gasteiger partial charge in [-0.25, -0.2) is 0 Å². The monoisotopic (exact) mass is 253 g/mol. The van der Waals surface area contributed by atoms with Gasteiger partial charge in [0.1, 0.15) is 5.75 Å². The summed E-state index contributed by atoms with van der Waals surface area (Å²) >= 11 is 0. The Morgan fingerprint density at radius 1 is 1.05 bits per heavy atom. The lowest BCUT2D eigenvalue weighted by Crippen LogP contribution is -2.17. The Bertz CT molecular complexity index is 521. The van der Waals surface area contributed by atoms with E-state index in [1.54, 1.807) is 7.11 Å². The first-order chi connectivity index (χ1) is 9.36. The van der Waals surface area contributed by atoms with Crippen LogP contribution in [0.2, 0.25) is 0 Å². The van der Waals surface area contributed by atoms with Gasteiger partial charge in [0.25, 0.3) is 0 Å². The first-order valence-corrected chi connectivity index (χ1v) is 6.78. The van der Waals surface area contributed by atoms with Gasteiger partial charge in [0.05, 0.1) is 7.11 Å². The van der Waals surface area contributed by atoms with Crippen LogP contribution in [0.4, 0.5) is 0 Å². The van der Waals surface area contributed by atoms with Crippen LogP contribution in [-0.4, -0.2) is 13.2 Å². The van der Waals surface area contributed by atoms with Gasteiger partial charge in [-0.15, -0.1) is 0 Å². The topological polar surface area (TPSA) is 21.3 Å². The second-order valence-corrected chi connectivity index (χ2v) is 5.09. The summed E-state index contributed by atoms with van der Waals surface area (Å²) in [6.07, 6.45) is 1.25. The van der Waals surface area contributed by atoms with E-state index < -0.39 is 0 Å². The Hall–Kier alpha value is -1.80. The Kier molecular flexibility index (Phi) is 3.51. The molecule has 0 spiro atoms. The van der Waals surface area contributed by atoms with Crippen molar-refractivity contribution in [3.63, 3.8) is 0 Å². The van der Waals surface area contributed by atoms with Crippen LogP contribution in [0, 0.1) is 0 Å². The smallest absolute Gasteiger partial charge is 0.118 e. The van der Waals surface area contributed by atoms with Crippen molar-refractivity contribution in [2.45, 2.75) is 24.9 Å². The Labute approximate surface area is 114 Å². The van der Waals surface area contributed by atoms with Crippen LogP contribution >= 0.6 is 0 Å². The summed E-state index contributed by atoms with van der Waals surface area (Å²) in [6, 6.07) is 19.6. The fourth-order valence-electron chi connectivity index (χ4n) is 2.48. The van der Waals surface area contributed by atoms with E-state index >= 15 is 0 Å². The number of hydrogen-bond donors (Lipinski definition) is 1. The van der Waals surface area contributed by atoms with Crippen LogP contribution in [0.5, 0.6) is 5.75 Å². The lowest BCUT2D eigenvalue weighted by molar-refractivity contribution is 0.414. The lowest BCUT2D eigenvalue weighted by Gasteiger charge is -2.06. The molecule has 0 bridgehead atoms. The maximum absolute atomic E-state index is 5.16. The van der Waals surface area contributed by atoms with E-state index in [0.29, 0.717) is 12.0 Å². The SMILES string of the molecule is COc1ccc(CN[C@H]2C[C@@H]2c2ccccc2)cc1. The molecule has 0 heterocycles. The van der Waals surface area contributed by atoms with Crippen LogP contribution in [0.3, 0.4) is 0 Å². The van der Waals surface area contributed by atoms with Gasteiger partial charge in [0, 0.05) is 18.5 Å². The van der Waals surface area contributed by atoms with Gasteiger partial charge in [0.15, 0.2) is 0 Å².